The number of nitrogens with zero attached hydrogens (tertiary/aromatic N) is 2. The highest BCUT2D eigenvalue weighted by atomic mass is 15.2. The topological polar surface area (TPSA) is 27.0 Å². The van der Waals surface area contributed by atoms with Gasteiger partial charge in [-0.3, -0.25) is 4.90 Å². The quantitative estimate of drug-likeness (QED) is 0.658. The monoisotopic (exact) mass is 274 g/mol. The molecule has 2 saturated carbocycles. The van der Waals surface area contributed by atoms with Gasteiger partial charge in [0.2, 0.25) is 0 Å². The minimum absolute atomic E-state index is 0.304. The van der Waals surface area contributed by atoms with Gasteiger partial charge in [-0.1, -0.05) is 38.5 Å². The molecule has 1 saturated heterocycles. The fourth-order valence-electron chi connectivity index (χ4n) is 5.01. The SMILES string of the molecule is N#CC1CCCCCC1N1CCC2(CCCCC2)CC1. The fraction of sp³-hybridized carbons (Fsp3) is 0.944. The first kappa shape index (κ1) is 14.4. The summed E-state index contributed by atoms with van der Waals surface area (Å²) in [5, 5.41) is 9.48. The largest absolute Gasteiger partial charge is 0.299 e. The van der Waals surface area contributed by atoms with Crippen molar-refractivity contribution in [2.45, 2.75) is 83.1 Å². The summed E-state index contributed by atoms with van der Waals surface area (Å²) in [6.45, 7) is 2.53. The molecule has 0 N–H and O–H groups in total. The molecule has 3 rings (SSSR count). The maximum Gasteiger partial charge on any atom is 0.0672 e. The highest BCUT2D eigenvalue weighted by Gasteiger charge is 2.38. The van der Waals surface area contributed by atoms with E-state index < -0.39 is 0 Å². The van der Waals surface area contributed by atoms with Crippen molar-refractivity contribution in [1.29, 1.82) is 5.26 Å². The van der Waals surface area contributed by atoms with Crippen LogP contribution >= 0.6 is 0 Å². The van der Waals surface area contributed by atoms with E-state index in [1.165, 1.54) is 83.7 Å². The third-order valence-corrected chi connectivity index (χ3v) is 6.39. The summed E-state index contributed by atoms with van der Waals surface area (Å²) in [7, 11) is 0. The van der Waals surface area contributed by atoms with Gasteiger partial charge in [0.05, 0.1) is 12.0 Å². The molecule has 0 aromatic rings. The predicted octanol–water partition coefficient (Wildman–Crippen LogP) is 4.51. The smallest absolute Gasteiger partial charge is 0.0672 e. The lowest BCUT2D eigenvalue weighted by Crippen LogP contribution is -2.48. The molecule has 112 valence electrons. The zero-order valence-corrected chi connectivity index (χ0v) is 12.9. The zero-order valence-electron chi connectivity index (χ0n) is 12.9. The Kier molecular flexibility index (Phi) is 4.66. The first-order valence-corrected chi connectivity index (χ1v) is 8.97. The van der Waals surface area contributed by atoms with E-state index >= 15 is 0 Å². The normalized spacial score (nSPS) is 35.4. The molecule has 1 spiro atoms. The molecule has 2 heteroatoms. The molecule has 3 fully saturated rings. The van der Waals surface area contributed by atoms with Gasteiger partial charge in [-0.2, -0.15) is 5.26 Å². The van der Waals surface area contributed by atoms with E-state index in [2.05, 4.69) is 11.0 Å². The van der Waals surface area contributed by atoms with Crippen molar-refractivity contribution >= 4 is 0 Å². The predicted molar refractivity (Wildman–Crippen MR) is 82.3 cm³/mol. The Morgan fingerprint density at radius 2 is 1.45 bits per heavy atom. The maximum absolute atomic E-state index is 9.48. The summed E-state index contributed by atoms with van der Waals surface area (Å²) in [6.07, 6.45) is 16.5. The van der Waals surface area contributed by atoms with Crippen LogP contribution in [0, 0.1) is 22.7 Å². The Morgan fingerprint density at radius 3 is 2.15 bits per heavy atom. The van der Waals surface area contributed by atoms with E-state index in [1.54, 1.807) is 0 Å². The van der Waals surface area contributed by atoms with Crippen molar-refractivity contribution in [2.75, 3.05) is 13.1 Å². The van der Waals surface area contributed by atoms with Gasteiger partial charge in [-0.05, 0) is 57.0 Å². The molecule has 0 amide bonds. The standard InChI is InChI=1S/C18H30N2/c19-15-16-7-3-1-4-8-17(16)20-13-11-18(12-14-20)9-5-2-6-10-18/h16-17H,1-14H2. The Morgan fingerprint density at radius 1 is 0.800 bits per heavy atom. The Hall–Kier alpha value is -0.550. The van der Waals surface area contributed by atoms with Crippen LogP contribution in [0.15, 0.2) is 0 Å². The van der Waals surface area contributed by atoms with Crippen LogP contribution in [0.5, 0.6) is 0 Å². The highest BCUT2D eigenvalue weighted by molar-refractivity contribution is 4.97. The van der Waals surface area contributed by atoms with Gasteiger partial charge < -0.3 is 0 Å². The van der Waals surface area contributed by atoms with E-state index in [0.717, 1.165) is 6.42 Å². The van der Waals surface area contributed by atoms with Crippen LogP contribution in [0.3, 0.4) is 0 Å². The number of nitriles is 1. The van der Waals surface area contributed by atoms with Gasteiger partial charge in [0.1, 0.15) is 0 Å². The van der Waals surface area contributed by atoms with Crippen LogP contribution in [0.2, 0.25) is 0 Å². The van der Waals surface area contributed by atoms with E-state index in [1.807, 2.05) is 0 Å². The summed E-state index contributed by atoms with van der Waals surface area (Å²) in [5.74, 6) is 0.304. The van der Waals surface area contributed by atoms with E-state index in [4.69, 9.17) is 0 Å². The van der Waals surface area contributed by atoms with Gasteiger partial charge in [-0.15, -0.1) is 0 Å². The summed E-state index contributed by atoms with van der Waals surface area (Å²) < 4.78 is 0. The van der Waals surface area contributed by atoms with Crippen LogP contribution in [0.25, 0.3) is 0 Å². The van der Waals surface area contributed by atoms with Crippen LogP contribution < -0.4 is 0 Å². The number of rotatable bonds is 1. The van der Waals surface area contributed by atoms with Crippen molar-refractivity contribution < 1.29 is 0 Å². The molecular formula is C18H30N2. The summed E-state index contributed by atoms with van der Waals surface area (Å²) in [5.41, 5.74) is 0.696. The Bertz CT molecular complexity index is 341. The first-order valence-electron chi connectivity index (χ1n) is 8.97. The third-order valence-electron chi connectivity index (χ3n) is 6.39. The minimum atomic E-state index is 0.304. The molecule has 2 aliphatic carbocycles. The average molecular weight is 274 g/mol. The van der Waals surface area contributed by atoms with Gasteiger partial charge in [-0.25, -0.2) is 0 Å². The third kappa shape index (κ3) is 3.03. The molecule has 2 atom stereocenters. The van der Waals surface area contributed by atoms with Crippen LogP contribution in [-0.4, -0.2) is 24.0 Å². The molecule has 2 unspecified atom stereocenters. The molecule has 1 heterocycles. The minimum Gasteiger partial charge on any atom is -0.299 e. The second-order valence-corrected chi connectivity index (χ2v) is 7.54. The van der Waals surface area contributed by atoms with Gasteiger partial charge in [0.15, 0.2) is 0 Å². The molecule has 2 nitrogen and oxygen atoms in total. The molecule has 0 aromatic heterocycles. The van der Waals surface area contributed by atoms with Crippen LogP contribution in [0.4, 0.5) is 0 Å². The van der Waals surface area contributed by atoms with Gasteiger partial charge >= 0.3 is 0 Å². The molecule has 0 radical (unpaired) electrons. The lowest BCUT2D eigenvalue weighted by Gasteiger charge is -2.47. The van der Waals surface area contributed by atoms with Crippen LogP contribution in [0.1, 0.15) is 77.0 Å². The number of likely N-dealkylation sites (tertiary alicyclic amines) is 1. The van der Waals surface area contributed by atoms with Gasteiger partial charge in [0.25, 0.3) is 0 Å². The lowest BCUT2D eigenvalue weighted by molar-refractivity contribution is 0.0331. The molecular weight excluding hydrogens is 244 g/mol. The number of piperidine rings is 1. The van der Waals surface area contributed by atoms with Crippen molar-refractivity contribution in [3.8, 4) is 6.07 Å². The van der Waals surface area contributed by atoms with E-state index in [0.29, 0.717) is 17.4 Å². The lowest BCUT2D eigenvalue weighted by atomic mass is 9.68. The number of hydrogen-bond acceptors (Lipinski definition) is 2. The second-order valence-electron chi connectivity index (χ2n) is 7.54. The number of hydrogen-bond donors (Lipinski definition) is 0. The molecule has 0 aromatic carbocycles. The van der Waals surface area contributed by atoms with Crippen molar-refractivity contribution in [2.24, 2.45) is 11.3 Å². The van der Waals surface area contributed by atoms with E-state index in [-0.39, 0.29) is 0 Å². The first-order chi connectivity index (χ1) is 9.83. The Balaban J connectivity index is 1.60. The van der Waals surface area contributed by atoms with Crippen molar-refractivity contribution in [3.63, 3.8) is 0 Å². The maximum atomic E-state index is 9.48. The summed E-state index contributed by atoms with van der Waals surface area (Å²) in [4.78, 5) is 2.69. The molecule has 20 heavy (non-hydrogen) atoms. The summed E-state index contributed by atoms with van der Waals surface area (Å²) >= 11 is 0. The van der Waals surface area contributed by atoms with Crippen LogP contribution in [-0.2, 0) is 0 Å². The molecule has 1 aliphatic heterocycles. The van der Waals surface area contributed by atoms with Gasteiger partial charge in [0, 0.05) is 6.04 Å². The van der Waals surface area contributed by atoms with Crippen molar-refractivity contribution in [1.82, 2.24) is 4.90 Å². The molecule has 3 aliphatic rings. The average Bonchev–Trinajstić information content (AvgIpc) is 2.74. The Labute approximate surface area is 124 Å². The summed E-state index contributed by atoms with van der Waals surface area (Å²) in [6, 6.07) is 3.19. The van der Waals surface area contributed by atoms with E-state index in [9.17, 15) is 5.26 Å². The fourth-order valence-corrected chi connectivity index (χ4v) is 5.01. The van der Waals surface area contributed by atoms with Crippen molar-refractivity contribution in [3.05, 3.63) is 0 Å². The molecule has 0 bridgehead atoms. The highest BCUT2D eigenvalue weighted by Crippen LogP contribution is 2.45. The second kappa shape index (κ2) is 6.48. The zero-order chi connectivity index (χ0) is 13.8.